The fourth-order valence-electron chi connectivity index (χ4n) is 5.24. The lowest BCUT2D eigenvalue weighted by Gasteiger charge is -2.26. The van der Waals surface area contributed by atoms with Crippen LogP contribution in [0.25, 0.3) is 21.9 Å². The van der Waals surface area contributed by atoms with E-state index in [0.29, 0.717) is 23.2 Å². The number of halogens is 3. The van der Waals surface area contributed by atoms with E-state index in [0.717, 1.165) is 42.7 Å². The molecule has 0 aliphatic carbocycles. The van der Waals surface area contributed by atoms with E-state index < -0.39 is 11.7 Å². The van der Waals surface area contributed by atoms with Gasteiger partial charge in [0.15, 0.2) is 0 Å². The van der Waals surface area contributed by atoms with Crippen LogP contribution in [0.4, 0.5) is 13.2 Å². The molecule has 0 aromatic heterocycles. The first-order chi connectivity index (χ1) is 18.3. The molecule has 1 aliphatic rings. The zero-order valence-corrected chi connectivity index (χ0v) is 21.5. The van der Waals surface area contributed by atoms with E-state index in [9.17, 15) is 18.0 Å². The van der Waals surface area contributed by atoms with Crippen molar-refractivity contribution in [1.82, 2.24) is 9.80 Å². The van der Waals surface area contributed by atoms with E-state index in [1.54, 1.807) is 42.3 Å². The summed E-state index contributed by atoms with van der Waals surface area (Å²) in [7, 11) is 1.77. The molecule has 1 amide bonds. The van der Waals surface area contributed by atoms with Crippen LogP contribution in [-0.2, 0) is 19.3 Å². The van der Waals surface area contributed by atoms with Crippen LogP contribution in [0.2, 0.25) is 0 Å². The van der Waals surface area contributed by atoms with Crippen molar-refractivity contribution in [3.63, 3.8) is 0 Å². The summed E-state index contributed by atoms with van der Waals surface area (Å²) >= 11 is 0. The van der Waals surface area contributed by atoms with Crippen LogP contribution < -0.4 is 0 Å². The molecule has 0 N–H and O–H groups in total. The molecule has 0 spiro atoms. The number of benzene rings is 4. The molecule has 1 fully saturated rings. The van der Waals surface area contributed by atoms with Crippen LogP contribution in [0.3, 0.4) is 0 Å². The number of hydrogen-bond donors (Lipinski definition) is 0. The van der Waals surface area contributed by atoms with Crippen LogP contribution in [0, 0.1) is 0 Å². The number of carbonyl (C=O) groups excluding carboxylic acids is 1. The summed E-state index contributed by atoms with van der Waals surface area (Å²) in [4.78, 5) is 17.4. The Balaban J connectivity index is 1.29. The van der Waals surface area contributed by atoms with E-state index in [1.165, 1.54) is 36.3 Å². The third kappa shape index (κ3) is 5.91. The van der Waals surface area contributed by atoms with Crippen molar-refractivity contribution in [2.45, 2.75) is 38.5 Å². The maximum atomic E-state index is 13.2. The first kappa shape index (κ1) is 26.0. The number of amides is 1. The van der Waals surface area contributed by atoms with E-state index >= 15 is 0 Å². The predicted molar refractivity (Wildman–Crippen MR) is 146 cm³/mol. The van der Waals surface area contributed by atoms with Crippen molar-refractivity contribution in [2.24, 2.45) is 0 Å². The quantitative estimate of drug-likeness (QED) is 0.261. The molecule has 0 unspecified atom stereocenters. The smallest absolute Gasteiger partial charge is 0.337 e. The van der Waals surface area contributed by atoms with Gasteiger partial charge in [0.2, 0.25) is 0 Å². The number of rotatable bonds is 6. The van der Waals surface area contributed by atoms with Gasteiger partial charge in [-0.1, -0.05) is 61.0 Å². The minimum absolute atomic E-state index is 0.140. The molecule has 4 aromatic carbocycles. The Morgan fingerprint density at radius 1 is 0.842 bits per heavy atom. The average Bonchev–Trinajstić information content (AvgIpc) is 2.93. The Kier molecular flexibility index (Phi) is 7.52. The molecule has 0 atom stereocenters. The summed E-state index contributed by atoms with van der Waals surface area (Å²) in [6.07, 6.45) is -0.535. The average molecular weight is 517 g/mol. The molecule has 1 saturated heterocycles. The first-order valence-corrected chi connectivity index (χ1v) is 13.0. The van der Waals surface area contributed by atoms with Gasteiger partial charge < -0.3 is 4.90 Å². The molecule has 0 saturated carbocycles. The van der Waals surface area contributed by atoms with Crippen molar-refractivity contribution >= 4 is 16.7 Å². The highest BCUT2D eigenvalue weighted by Gasteiger charge is 2.30. The maximum Gasteiger partial charge on any atom is 0.416 e. The zero-order valence-electron chi connectivity index (χ0n) is 21.5. The van der Waals surface area contributed by atoms with Gasteiger partial charge in [-0.05, 0) is 89.3 Å². The minimum atomic E-state index is -4.40. The molecule has 1 heterocycles. The van der Waals surface area contributed by atoms with Gasteiger partial charge in [0, 0.05) is 25.7 Å². The molecular weight excluding hydrogens is 485 g/mol. The molecule has 196 valence electrons. The van der Waals surface area contributed by atoms with E-state index in [4.69, 9.17) is 0 Å². The number of piperidine rings is 1. The van der Waals surface area contributed by atoms with Gasteiger partial charge in [0.25, 0.3) is 5.91 Å². The third-order valence-corrected chi connectivity index (χ3v) is 7.30. The number of alkyl halides is 3. The molecule has 38 heavy (non-hydrogen) atoms. The summed E-state index contributed by atoms with van der Waals surface area (Å²) in [6, 6.07) is 24.7. The van der Waals surface area contributed by atoms with Crippen molar-refractivity contribution in [3.8, 4) is 11.1 Å². The second kappa shape index (κ2) is 11.0. The van der Waals surface area contributed by atoms with Crippen molar-refractivity contribution in [2.75, 3.05) is 20.1 Å². The van der Waals surface area contributed by atoms with Gasteiger partial charge in [0.1, 0.15) is 0 Å². The number of fused-ring (bicyclic) bond motifs is 1. The summed E-state index contributed by atoms with van der Waals surface area (Å²) in [5.74, 6) is -0.140. The van der Waals surface area contributed by atoms with Crippen LogP contribution in [0.15, 0.2) is 84.9 Å². The second-order valence-electron chi connectivity index (χ2n) is 10.1. The molecule has 5 rings (SSSR count). The van der Waals surface area contributed by atoms with Gasteiger partial charge in [-0.3, -0.25) is 9.69 Å². The van der Waals surface area contributed by atoms with Crippen molar-refractivity contribution < 1.29 is 18.0 Å². The molecule has 0 radical (unpaired) electrons. The molecule has 6 heteroatoms. The number of likely N-dealkylation sites (tertiary alicyclic amines) is 1. The Labute approximate surface area is 221 Å². The van der Waals surface area contributed by atoms with Crippen LogP contribution >= 0.6 is 0 Å². The monoisotopic (exact) mass is 516 g/mol. The molecule has 0 bridgehead atoms. The number of nitrogens with zero attached hydrogens (tertiary/aromatic N) is 2. The Morgan fingerprint density at radius 3 is 2.32 bits per heavy atom. The fraction of sp³-hybridized carbons (Fsp3) is 0.281. The highest BCUT2D eigenvalue weighted by Crippen LogP contribution is 2.32. The van der Waals surface area contributed by atoms with Crippen molar-refractivity contribution in [1.29, 1.82) is 0 Å². The molecule has 3 nitrogen and oxygen atoms in total. The van der Waals surface area contributed by atoms with E-state index in [1.807, 2.05) is 12.1 Å². The number of hydrogen-bond acceptors (Lipinski definition) is 2. The van der Waals surface area contributed by atoms with Crippen molar-refractivity contribution in [3.05, 3.63) is 107 Å². The minimum Gasteiger partial charge on any atom is -0.337 e. The largest absolute Gasteiger partial charge is 0.416 e. The Hall–Kier alpha value is -3.64. The van der Waals surface area contributed by atoms with Gasteiger partial charge in [0.05, 0.1) is 5.56 Å². The lowest BCUT2D eigenvalue weighted by Crippen LogP contribution is -2.29. The second-order valence-corrected chi connectivity index (χ2v) is 10.1. The van der Waals surface area contributed by atoms with Gasteiger partial charge in [-0.2, -0.15) is 13.2 Å². The normalized spacial score (nSPS) is 14.5. The summed E-state index contributed by atoms with van der Waals surface area (Å²) < 4.78 is 39.2. The number of carbonyl (C=O) groups is 1. The fourth-order valence-corrected chi connectivity index (χ4v) is 5.24. The van der Waals surface area contributed by atoms with E-state index in [2.05, 4.69) is 29.2 Å². The SMILES string of the molecule is CN(Cc1cccc2cc(CN3CCCCC3)ccc12)C(=O)c1ccc(-c2cccc(C(F)(F)F)c2)cc1. The van der Waals surface area contributed by atoms with Gasteiger partial charge >= 0.3 is 6.18 Å². The van der Waals surface area contributed by atoms with E-state index in [-0.39, 0.29) is 5.91 Å². The lowest BCUT2D eigenvalue weighted by atomic mass is 10.00. The maximum absolute atomic E-state index is 13.2. The standard InChI is InChI=1S/C32H31F3N2O/c1-36(31(38)25-14-12-24(13-15-25)26-7-6-10-29(20-26)32(33,34)35)22-28-9-5-8-27-19-23(11-16-30(27)28)21-37-17-3-2-4-18-37/h5-16,19-20H,2-4,17-18,21-22H2,1H3. The summed E-state index contributed by atoms with van der Waals surface area (Å²) in [5.41, 5.74) is 3.27. The van der Waals surface area contributed by atoms with Gasteiger partial charge in [-0.15, -0.1) is 0 Å². The lowest BCUT2D eigenvalue weighted by molar-refractivity contribution is -0.137. The third-order valence-electron chi connectivity index (χ3n) is 7.30. The summed E-state index contributed by atoms with van der Waals surface area (Å²) in [6.45, 7) is 3.74. The predicted octanol–water partition coefficient (Wildman–Crippen LogP) is 7.78. The highest BCUT2D eigenvalue weighted by atomic mass is 19.4. The molecule has 4 aromatic rings. The summed E-state index contributed by atoms with van der Waals surface area (Å²) in [5, 5.41) is 2.30. The highest BCUT2D eigenvalue weighted by molar-refractivity contribution is 5.95. The first-order valence-electron chi connectivity index (χ1n) is 13.0. The molecule has 1 aliphatic heterocycles. The van der Waals surface area contributed by atoms with Crippen LogP contribution in [0.5, 0.6) is 0 Å². The Bertz CT molecular complexity index is 1420. The van der Waals surface area contributed by atoms with Crippen LogP contribution in [0.1, 0.15) is 46.3 Å². The Morgan fingerprint density at radius 2 is 1.58 bits per heavy atom. The van der Waals surface area contributed by atoms with Gasteiger partial charge in [-0.25, -0.2) is 0 Å². The zero-order chi connectivity index (χ0) is 26.7. The topological polar surface area (TPSA) is 23.6 Å². The van der Waals surface area contributed by atoms with Crippen LogP contribution in [-0.4, -0.2) is 35.8 Å². The molecular formula is C32H31F3N2O.